The van der Waals surface area contributed by atoms with Crippen molar-refractivity contribution < 1.29 is 9.53 Å². The van der Waals surface area contributed by atoms with Crippen LogP contribution in [0.25, 0.3) is 0 Å². The van der Waals surface area contributed by atoms with Crippen LogP contribution in [-0.2, 0) is 0 Å². The monoisotopic (exact) mass is 425 g/mol. The van der Waals surface area contributed by atoms with Gasteiger partial charge in [-0.2, -0.15) is 0 Å². The Labute approximate surface area is 182 Å². The Balaban J connectivity index is 1.30. The van der Waals surface area contributed by atoms with E-state index >= 15 is 0 Å². The van der Waals surface area contributed by atoms with Crippen LogP contribution >= 0.6 is 11.6 Å². The van der Waals surface area contributed by atoms with Gasteiger partial charge in [-0.15, -0.1) is 0 Å². The van der Waals surface area contributed by atoms with E-state index in [4.69, 9.17) is 16.3 Å². The van der Waals surface area contributed by atoms with Crippen LogP contribution in [0.1, 0.15) is 47.8 Å². The summed E-state index contributed by atoms with van der Waals surface area (Å²) >= 11 is 6.15. The standard InChI is InChI=1S/C24H28ClN3O2/c25-19-7-10-22-21(15-19)24(29)28(16-17-3-4-17)23(26-22)18-5-8-20(9-6-18)30-14-13-27-11-1-2-12-27/h5-10,15,17,23,26H,1-4,11-14,16H2. The van der Waals surface area contributed by atoms with Gasteiger partial charge in [0.15, 0.2) is 0 Å². The van der Waals surface area contributed by atoms with E-state index in [1.54, 1.807) is 6.07 Å². The number of amides is 1. The van der Waals surface area contributed by atoms with E-state index < -0.39 is 0 Å². The van der Waals surface area contributed by atoms with Crippen LogP contribution in [0.5, 0.6) is 5.75 Å². The van der Waals surface area contributed by atoms with Gasteiger partial charge in [-0.25, -0.2) is 0 Å². The van der Waals surface area contributed by atoms with E-state index in [0.29, 0.717) is 23.1 Å². The van der Waals surface area contributed by atoms with Crippen molar-refractivity contribution in [2.75, 3.05) is 38.1 Å². The largest absolute Gasteiger partial charge is 0.492 e. The van der Waals surface area contributed by atoms with E-state index in [1.165, 1.54) is 38.8 Å². The lowest BCUT2D eigenvalue weighted by molar-refractivity contribution is 0.0673. The maximum Gasteiger partial charge on any atom is 0.257 e. The lowest BCUT2D eigenvalue weighted by atomic mass is 10.0. The molecule has 3 aliphatic rings. The van der Waals surface area contributed by atoms with E-state index in [9.17, 15) is 4.79 Å². The molecule has 0 bridgehead atoms. The number of nitrogens with one attached hydrogen (secondary N) is 1. The van der Waals surface area contributed by atoms with Crippen LogP contribution in [0.4, 0.5) is 5.69 Å². The summed E-state index contributed by atoms with van der Waals surface area (Å²) in [6.45, 7) is 4.84. The molecule has 158 valence electrons. The Bertz CT molecular complexity index is 907. The van der Waals surface area contributed by atoms with Crippen molar-refractivity contribution in [2.24, 2.45) is 5.92 Å². The summed E-state index contributed by atoms with van der Waals surface area (Å²) in [5.41, 5.74) is 2.56. The number of benzene rings is 2. The highest BCUT2D eigenvalue weighted by atomic mass is 35.5. The van der Waals surface area contributed by atoms with Crippen molar-refractivity contribution in [2.45, 2.75) is 31.8 Å². The minimum absolute atomic E-state index is 0.0501. The second kappa shape index (κ2) is 8.48. The molecule has 1 amide bonds. The molecule has 0 radical (unpaired) electrons. The van der Waals surface area contributed by atoms with Crippen molar-refractivity contribution in [3.05, 3.63) is 58.6 Å². The molecule has 1 saturated heterocycles. The molecule has 1 atom stereocenters. The molecule has 0 spiro atoms. The van der Waals surface area contributed by atoms with Crippen molar-refractivity contribution in [3.8, 4) is 5.75 Å². The van der Waals surface area contributed by atoms with E-state index in [-0.39, 0.29) is 12.1 Å². The maximum atomic E-state index is 13.2. The molecule has 2 aromatic rings. The number of halogens is 1. The summed E-state index contributed by atoms with van der Waals surface area (Å²) in [4.78, 5) is 17.7. The maximum absolute atomic E-state index is 13.2. The third kappa shape index (κ3) is 4.28. The van der Waals surface area contributed by atoms with Crippen LogP contribution in [0.2, 0.25) is 5.02 Å². The van der Waals surface area contributed by atoms with Crippen LogP contribution in [0.15, 0.2) is 42.5 Å². The highest BCUT2D eigenvalue weighted by Gasteiger charge is 2.36. The van der Waals surface area contributed by atoms with Crippen LogP contribution < -0.4 is 10.1 Å². The first kappa shape index (κ1) is 19.7. The molecular weight excluding hydrogens is 398 g/mol. The number of fused-ring (bicyclic) bond motifs is 1. The average Bonchev–Trinajstić information content (AvgIpc) is 3.43. The Morgan fingerprint density at radius 3 is 2.57 bits per heavy atom. The molecule has 5 rings (SSSR count). The Hall–Kier alpha value is -2.24. The van der Waals surface area contributed by atoms with Crippen LogP contribution in [0, 0.1) is 5.92 Å². The fourth-order valence-corrected chi connectivity index (χ4v) is 4.56. The lowest BCUT2D eigenvalue weighted by Crippen LogP contribution is -2.44. The fourth-order valence-electron chi connectivity index (χ4n) is 4.39. The smallest absolute Gasteiger partial charge is 0.257 e. The predicted octanol–water partition coefficient (Wildman–Crippen LogP) is 4.79. The molecule has 2 fully saturated rings. The number of rotatable bonds is 7. The predicted molar refractivity (Wildman–Crippen MR) is 119 cm³/mol. The molecule has 6 heteroatoms. The summed E-state index contributed by atoms with van der Waals surface area (Å²) in [7, 11) is 0. The summed E-state index contributed by atoms with van der Waals surface area (Å²) in [5, 5.41) is 4.14. The molecule has 1 saturated carbocycles. The molecule has 1 N–H and O–H groups in total. The van der Waals surface area contributed by atoms with Gasteiger partial charge in [0, 0.05) is 23.8 Å². The van der Waals surface area contributed by atoms with Crippen molar-refractivity contribution in [1.29, 1.82) is 0 Å². The average molecular weight is 426 g/mol. The van der Waals surface area contributed by atoms with Gasteiger partial charge >= 0.3 is 0 Å². The molecule has 0 aromatic heterocycles. The van der Waals surface area contributed by atoms with Gasteiger partial charge in [-0.05, 0) is 80.6 Å². The summed E-state index contributed by atoms with van der Waals surface area (Å²) in [6.07, 6.45) is 4.82. The minimum atomic E-state index is -0.176. The van der Waals surface area contributed by atoms with Gasteiger partial charge < -0.3 is 15.0 Å². The number of anilines is 1. The second-order valence-corrected chi connectivity index (χ2v) is 9.04. The van der Waals surface area contributed by atoms with Gasteiger partial charge in [0.25, 0.3) is 5.91 Å². The van der Waals surface area contributed by atoms with Gasteiger partial charge in [-0.3, -0.25) is 9.69 Å². The quantitative estimate of drug-likeness (QED) is 0.692. The van der Waals surface area contributed by atoms with Crippen molar-refractivity contribution >= 4 is 23.2 Å². The number of hydrogen-bond acceptors (Lipinski definition) is 4. The zero-order valence-electron chi connectivity index (χ0n) is 17.1. The number of carbonyl (C=O) groups is 1. The fraction of sp³-hybridized carbons (Fsp3) is 0.458. The summed E-state index contributed by atoms with van der Waals surface area (Å²) in [5.74, 6) is 1.53. The Morgan fingerprint density at radius 1 is 1.07 bits per heavy atom. The molecule has 5 nitrogen and oxygen atoms in total. The van der Waals surface area contributed by atoms with E-state index in [0.717, 1.165) is 30.1 Å². The van der Waals surface area contributed by atoms with Gasteiger partial charge in [0.1, 0.15) is 18.5 Å². The number of ether oxygens (including phenoxy) is 1. The molecule has 2 aromatic carbocycles. The number of nitrogens with zero attached hydrogens (tertiary/aromatic N) is 2. The zero-order chi connectivity index (χ0) is 20.5. The second-order valence-electron chi connectivity index (χ2n) is 8.60. The Morgan fingerprint density at radius 2 is 1.83 bits per heavy atom. The molecule has 2 heterocycles. The first-order chi connectivity index (χ1) is 14.7. The molecule has 1 aliphatic carbocycles. The number of hydrogen-bond donors (Lipinski definition) is 1. The number of likely N-dealkylation sites (tertiary alicyclic amines) is 1. The summed E-state index contributed by atoms with van der Waals surface area (Å²) in [6, 6.07) is 13.6. The first-order valence-electron chi connectivity index (χ1n) is 11.0. The zero-order valence-corrected chi connectivity index (χ0v) is 17.9. The summed E-state index contributed by atoms with van der Waals surface area (Å²) < 4.78 is 5.94. The van der Waals surface area contributed by atoms with Gasteiger partial charge in [0.2, 0.25) is 0 Å². The van der Waals surface area contributed by atoms with Gasteiger partial charge in [-0.1, -0.05) is 23.7 Å². The van der Waals surface area contributed by atoms with E-state index in [2.05, 4.69) is 22.3 Å². The Kier molecular flexibility index (Phi) is 5.57. The highest BCUT2D eigenvalue weighted by molar-refractivity contribution is 6.31. The van der Waals surface area contributed by atoms with Crippen molar-refractivity contribution in [1.82, 2.24) is 9.80 Å². The third-order valence-electron chi connectivity index (χ3n) is 6.30. The van der Waals surface area contributed by atoms with Gasteiger partial charge in [0.05, 0.1) is 5.56 Å². The topological polar surface area (TPSA) is 44.8 Å². The van der Waals surface area contributed by atoms with Crippen LogP contribution in [-0.4, -0.2) is 48.5 Å². The highest BCUT2D eigenvalue weighted by Crippen LogP contribution is 2.38. The molecular formula is C24H28ClN3O2. The van der Waals surface area contributed by atoms with Crippen LogP contribution in [0.3, 0.4) is 0 Å². The van der Waals surface area contributed by atoms with E-state index in [1.807, 2.05) is 29.2 Å². The molecule has 1 unspecified atom stereocenters. The van der Waals surface area contributed by atoms with Crippen molar-refractivity contribution in [3.63, 3.8) is 0 Å². The third-order valence-corrected chi connectivity index (χ3v) is 6.53. The molecule has 30 heavy (non-hydrogen) atoms. The molecule has 2 aliphatic heterocycles. The minimum Gasteiger partial charge on any atom is -0.492 e. The first-order valence-corrected chi connectivity index (χ1v) is 11.4. The SMILES string of the molecule is O=C1c2cc(Cl)ccc2NC(c2ccc(OCCN3CCCC3)cc2)N1CC1CC1. The lowest BCUT2D eigenvalue weighted by Gasteiger charge is -2.38. The normalized spacial score (nSPS) is 21.4. The number of carbonyl (C=O) groups excluding carboxylic acids is 1.